The molecule has 1 atom stereocenters. The Morgan fingerprint density at radius 2 is 2.19 bits per heavy atom. The highest BCUT2D eigenvalue weighted by Crippen LogP contribution is 2.32. The zero-order valence-corrected chi connectivity index (χ0v) is 13.6. The second kappa shape index (κ2) is 5.85. The van der Waals surface area contributed by atoms with E-state index >= 15 is 0 Å². The molecule has 0 nitrogen and oxygen atoms in total. The van der Waals surface area contributed by atoms with Gasteiger partial charge in [0.1, 0.15) is 0 Å². The number of alkyl halides is 1. The topological polar surface area (TPSA) is 0 Å². The summed E-state index contributed by atoms with van der Waals surface area (Å²) in [5.41, 5.74) is 2.47. The van der Waals surface area contributed by atoms with Gasteiger partial charge in [-0.1, -0.05) is 15.9 Å². The largest absolute Gasteiger partial charge is 0.152 e. The minimum atomic E-state index is 0.0266. The molecule has 0 bridgehead atoms. The van der Waals surface area contributed by atoms with Crippen LogP contribution in [0.25, 0.3) is 0 Å². The molecule has 0 radical (unpaired) electrons. The van der Waals surface area contributed by atoms with Crippen molar-refractivity contribution < 1.29 is 0 Å². The molecule has 1 heterocycles. The lowest BCUT2D eigenvalue weighted by Crippen LogP contribution is -1.96. The highest BCUT2D eigenvalue weighted by atomic mass is 127. The van der Waals surface area contributed by atoms with E-state index in [9.17, 15) is 0 Å². The normalized spacial score (nSPS) is 12.7. The van der Waals surface area contributed by atoms with Gasteiger partial charge < -0.3 is 0 Å². The van der Waals surface area contributed by atoms with Crippen LogP contribution in [-0.4, -0.2) is 0 Å². The Hall–Kier alpha value is 0.420. The van der Waals surface area contributed by atoms with E-state index in [0.29, 0.717) is 0 Å². The van der Waals surface area contributed by atoms with Crippen molar-refractivity contribution in [3.63, 3.8) is 0 Å². The van der Waals surface area contributed by atoms with Crippen molar-refractivity contribution in [1.82, 2.24) is 0 Å². The van der Waals surface area contributed by atoms with Crippen molar-refractivity contribution in [2.24, 2.45) is 0 Å². The maximum atomic E-state index is 6.45. The molecule has 1 unspecified atom stereocenters. The summed E-state index contributed by atoms with van der Waals surface area (Å²) < 4.78 is 2.30. The molecule has 84 valence electrons. The molecule has 0 N–H and O–H groups in total. The number of hydrogen-bond donors (Lipinski definition) is 0. The van der Waals surface area contributed by atoms with E-state index in [-0.39, 0.29) is 5.38 Å². The number of benzene rings is 1. The molecule has 2 aromatic rings. The summed E-state index contributed by atoms with van der Waals surface area (Å²) in [6.45, 7) is 0. The van der Waals surface area contributed by atoms with Gasteiger partial charge in [-0.2, -0.15) is 11.3 Å². The molecule has 0 spiro atoms. The fourth-order valence-corrected chi connectivity index (χ4v) is 3.69. The highest BCUT2D eigenvalue weighted by molar-refractivity contribution is 14.1. The van der Waals surface area contributed by atoms with Gasteiger partial charge >= 0.3 is 0 Å². The van der Waals surface area contributed by atoms with Crippen molar-refractivity contribution in [3.05, 3.63) is 54.2 Å². The van der Waals surface area contributed by atoms with Crippen molar-refractivity contribution in [1.29, 1.82) is 0 Å². The molecule has 4 heteroatoms. The Kier molecular flexibility index (Phi) is 4.70. The first kappa shape index (κ1) is 12.9. The van der Waals surface area contributed by atoms with Crippen molar-refractivity contribution >= 4 is 61.5 Å². The molecule has 0 saturated heterocycles. The van der Waals surface area contributed by atoms with Crippen LogP contribution in [0.5, 0.6) is 0 Å². The summed E-state index contributed by atoms with van der Waals surface area (Å²) in [6.07, 6.45) is 0.879. The Morgan fingerprint density at radius 3 is 2.88 bits per heavy atom. The molecular weight excluding hydrogens is 418 g/mol. The van der Waals surface area contributed by atoms with Gasteiger partial charge in [-0.3, -0.25) is 0 Å². The second-order valence-corrected chi connectivity index (χ2v) is 6.88. The summed E-state index contributed by atoms with van der Waals surface area (Å²) in [6, 6.07) is 8.39. The molecule has 0 aliphatic heterocycles. The zero-order chi connectivity index (χ0) is 11.5. The summed E-state index contributed by atoms with van der Waals surface area (Å²) in [4.78, 5) is 0. The molecule has 0 amide bonds. The van der Waals surface area contributed by atoms with Crippen molar-refractivity contribution in [2.75, 3.05) is 0 Å². The summed E-state index contributed by atoms with van der Waals surface area (Å²) in [5.74, 6) is 0. The number of hydrogen-bond acceptors (Lipinski definition) is 1. The average Bonchev–Trinajstić information content (AvgIpc) is 2.74. The van der Waals surface area contributed by atoms with Gasteiger partial charge in [0, 0.05) is 8.04 Å². The Balaban J connectivity index is 2.20. The minimum absolute atomic E-state index is 0.0266. The summed E-state index contributed by atoms with van der Waals surface area (Å²) in [5, 5.41) is 4.26. The predicted octanol–water partition coefficient (Wildman–Crippen LogP) is 5.64. The van der Waals surface area contributed by atoms with Gasteiger partial charge in [-0.25, -0.2) is 0 Å². The Bertz CT molecular complexity index is 470. The molecule has 1 aromatic heterocycles. The first-order valence-electron chi connectivity index (χ1n) is 4.77. The third-order valence-corrected chi connectivity index (χ3v) is 4.81. The predicted molar refractivity (Wildman–Crippen MR) is 83.5 cm³/mol. The molecule has 2 rings (SSSR count). The molecular formula is C12H9BrClIS. The van der Waals surface area contributed by atoms with Gasteiger partial charge in [-0.15, -0.1) is 11.6 Å². The van der Waals surface area contributed by atoms with E-state index in [0.717, 1.165) is 10.9 Å². The van der Waals surface area contributed by atoms with Crippen LogP contribution in [-0.2, 0) is 6.42 Å². The lowest BCUT2D eigenvalue weighted by Gasteiger charge is -2.11. The number of thiophene rings is 1. The lowest BCUT2D eigenvalue weighted by molar-refractivity contribution is 0.918. The van der Waals surface area contributed by atoms with E-state index in [1.54, 1.807) is 11.3 Å². The first-order valence-corrected chi connectivity index (χ1v) is 8.02. The zero-order valence-electron chi connectivity index (χ0n) is 8.29. The minimum Gasteiger partial charge on any atom is -0.152 e. The fourth-order valence-electron chi connectivity index (χ4n) is 1.48. The summed E-state index contributed by atoms with van der Waals surface area (Å²) >= 11 is 14.0. The first-order chi connectivity index (χ1) is 7.66. The van der Waals surface area contributed by atoms with Crippen LogP contribution in [0, 0.1) is 3.57 Å². The van der Waals surface area contributed by atoms with Crippen LogP contribution < -0.4 is 0 Å². The van der Waals surface area contributed by atoms with Crippen molar-refractivity contribution in [2.45, 2.75) is 11.8 Å². The van der Waals surface area contributed by atoms with Crippen LogP contribution in [0.1, 0.15) is 16.5 Å². The van der Waals surface area contributed by atoms with Gasteiger partial charge in [0.25, 0.3) is 0 Å². The maximum Gasteiger partial charge on any atom is 0.0637 e. The quantitative estimate of drug-likeness (QED) is 0.439. The molecule has 1 aromatic carbocycles. The van der Waals surface area contributed by atoms with E-state index in [4.69, 9.17) is 11.6 Å². The van der Waals surface area contributed by atoms with Gasteiger partial charge in [0.2, 0.25) is 0 Å². The van der Waals surface area contributed by atoms with Crippen LogP contribution in [0.3, 0.4) is 0 Å². The molecule has 0 aliphatic carbocycles. The van der Waals surface area contributed by atoms with Crippen LogP contribution in [0.15, 0.2) is 39.5 Å². The number of rotatable bonds is 3. The third kappa shape index (κ3) is 3.22. The monoisotopic (exact) mass is 426 g/mol. The van der Waals surface area contributed by atoms with E-state index in [2.05, 4.69) is 73.5 Å². The molecule has 0 fully saturated rings. The average molecular weight is 428 g/mol. The van der Waals surface area contributed by atoms with Gasteiger partial charge in [0.15, 0.2) is 0 Å². The van der Waals surface area contributed by atoms with Crippen LogP contribution in [0.2, 0.25) is 0 Å². The number of halogens is 3. The van der Waals surface area contributed by atoms with E-state index in [1.165, 1.54) is 14.7 Å². The molecule has 16 heavy (non-hydrogen) atoms. The summed E-state index contributed by atoms with van der Waals surface area (Å²) in [7, 11) is 0. The Morgan fingerprint density at radius 1 is 1.38 bits per heavy atom. The SMILES string of the molecule is ClC(Cc1ccsc1)c1cc(I)ccc1Br. The standard InChI is InChI=1S/C12H9BrClIS/c13-11-2-1-9(15)6-10(11)12(14)5-8-3-4-16-7-8/h1-4,6-7,12H,5H2. The molecule has 0 saturated carbocycles. The van der Waals surface area contributed by atoms with Crippen molar-refractivity contribution in [3.8, 4) is 0 Å². The fraction of sp³-hybridized carbons (Fsp3) is 0.167. The maximum absolute atomic E-state index is 6.45. The smallest absolute Gasteiger partial charge is 0.0637 e. The van der Waals surface area contributed by atoms with E-state index in [1.807, 2.05) is 0 Å². The van der Waals surface area contributed by atoms with Gasteiger partial charge in [0.05, 0.1) is 5.38 Å². The second-order valence-electron chi connectivity index (χ2n) is 3.47. The lowest BCUT2D eigenvalue weighted by atomic mass is 10.1. The van der Waals surface area contributed by atoms with E-state index < -0.39 is 0 Å². The van der Waals surface area contributed by atoms with Crippen LogP contribution >= 0.6 is 61.5 Å². The highest BCUT2D eigenvalue weighted by Gasteiger charge is 2.13. The third-order valence-electron chi connectivity index (χ3n) is 2.29. The van der Waals surface area contributed by atoms with Crippen LogP contribution in [0.4, 0.5) is 0 Å². The van der Waals surface area contributed by atoms with Gasteiger partial charge in [-0.05, 0) is 75.2 Å². The molecule has 0 aliphatic rings. The Labute approximate surface area is 126 Å².